The predicted octanol–water partition coefficient (Wildman–Crippen LogP) is 6.79. The molecule has 5 nitrogen and oxygen atoms in total. The minimum Gasteiger partial charge on any atom is -0.423 e. The molecule has 1 amide bonds. The smallest absolute Gasteiger partial charge is 0.343 e. The largest absolute Gasteiger partial charge is 0.423 e. The zero-order chi connectivity index (χ0) is 24.1. The Morgan fingerprint density at radius 1 is 1.03 bits per heavy atom. The molecule has 32 heavy (non-hydrogen) atoms. The Morgan fingerprint density at radius 2 is 1.69 bits per heavy atom. The van der Waals surface area contributed by atoms with E-state index in [4.69, 9.17) is 21.6 Å². The van der Waals surface area contributed by atoms with E-state index in [1.165, 1.54) is 17.7 Å². The van der Waals surface area contributed by atoms with Gasteiger partial charge >= 0.3 is 5.97 Å². The highest BCUT2D eigenvalue weighted by Crippen LogP contribution is 2.39. The van der Waals surface area contributed by atoms with Gasteiger partial charge in [-0.2, -0.15) is 5.26 Å². The SMILES string of the molecule is CCC(C)(C)c1ccc(OC(=O)c2ccc(Cl)c(NC(=O)CC#N)c2)c(C(C)(C)CC)c1. The molecule has 0 bridgehead atoms. The number of hydrogen-bond donors (Lipinski definition) is 1. The number of esters is 1. The Kier molecular flexibility index (Phi) is 8.09. The molecule has 0 aliphatic heterocycles. The van der Waals surface area contributed by atoms with E-state index >= 15 is 0 Å². The molecule has 0 atom stereocenters. The van der Waals surface area contributed by atoms with Crippen molar-refractivity contribution < 1.29 is 14.3 Å². The number of ether oxygens (including phenoxy) is 1. The number of anilines is 1. The van der Waals surface area contributed by atoms with Gasteiger partial charge in [-0.1, -0.05) is 65.3 Å². The van der Waals surface area contributed by atoms with Gasteiger partial charge in [0.25, 0.3) is 0 Å². The highest BCUT2D eigenvalue weighted by molar-refractivity contribution is 6.33. The average molecular weight is 455 g/mol. The minimum atomic E-state index is -0.548. The van der Waals surface area contributed by atoms with Gasteiger partial charge in [-0.3, -0.25) is 4.79 Å². The number of nitrogens with zero attached hydrogens (tertiary/aromatic N) is 1. The topological polar surface area (TPSA) is 79.2 Å². The van der Waals surface area contributed by atoms with Gasteiger partial charge in [-0.25, -0.2) is 4.79 Å². The third-order valence-electron chi connectivity index (χ3n) is 6.18. The van der Waals surface area contributed by atoms with Crippen molar-refractivity contribution >= 4 is 29.2 Å². The van der Waals surface area contributed by atoms with Crippen LogP contribution in [0.25, 0.3) is 0 Å². The molecule has 0 aromatic heterocycles. The number of nitriles is 1. The molecule has 2 rings (SSSR count). The zero-order valence-corrected chi connectivity index (χ0v) is 20.4. The van der Waals surface area contributed by atoms with Gasteiger partial charge in [-0.05, 0) is 53.5 Å². The van der Waals surface area contributed by atoms with E-state index in [2.05, 4.69) is 52.9 Å². The van der Waals surface area contributed by atoms with E-state index < -0.39 is 11.9 Å². The lowest BCUT2D eigenvalue weighted by Crippen LogP contribution is -2.22. The fourth-order valence-corrected chi connectivity index (χ4v) is 3.30. The van der Waals surface area contributed by atoms with Crippen LogP contribution in [-0.4, -0.2) is 11.9 Å². The van der Waals surface area contributed by atoms with Crippen LogP contribution in [0, 0.1) is 11.3 Å². The van der Waals surface area contributed by atoms with Crippen molar-refractivity contribution in [1.82, 2.24) is 0 Å². The number of nitrogens with one attached hydrogen (secondary N) is 1. The molecule has 0 fully saturated rings. The van der Waals surface area contributed by atoms with Crippen LogP contribution >= 0.6 is 11.6 Å². The highest BCUT2D eigenvalue weighted by atomic mass is 35.5. The lowest BCUT2D eigenvalue weighted by Gasteiger charge is -2.30. The second kappa shape index (κ2) is 10.2. The molecule has 0 saturated heterocycles. The van der Waals surface area contributed by atoms with Crippen LogP contribution in [-0.2, 0) is 15.6 Å². The second-order valence-corrected chi connectivity index (χ2v) is 9.56. The summed E-state index contributed by atoms with van der Waals surface area (Å²) in [4.78, 5) is 24.7. The summed E-state index contributed by atoms with van der Waals surface area (Å²) in [5.74, 6) is -0.531. The molecule has 170 valence electrons. The number of amides is 1. The van der Waals surface area contributed by atoms with Crippen LogP contribution in [0.1, 0.15) is 82.3 Å². The van der Waals surface area contributed by atoms with Crippen LogP contribution in [0.4, 0.5) is 5.69 Å². The van der Waals surface area contributed by atoms with E-state index in [-0.39, 0.29) is 33.5 Å². The summed E-state index contributed by atoms with van der Waals surface area (Å²) in [6.07, 6.45) is 1.56. The third-order valence-corrected chi connectivity index (χ3v) is 6.51. The number of benzene rings is 2. The van der Waals surface area contributed by atoms with E-state index in [0.29, 0.717) is 5.75 Å². The average Bonchev–Trinajstić information content (AvgIpc) is 2.75. The molecule has 0 aliphatic rings. The Hall–Kier alpha value is -2.84. The Morgan fingerprint density at radius 3 is 2.28 bits per heavy atom. The maximum absolute atomic E-state index is 13.0. The van der Waals surface area contributed by atoms with Gasteiger partial charge in [0.1, 0.15) is 12.2 Å². The van der Waals surface area contributed by atoms with Crippen molar-refractivity contribution in [2.45, 2.75) is 71.6 Å². The normalized spacial score (nSPS) is 11.6. The molecule has 2 aromatic carbocycles. The summed E-state index contributed by atoms with van der Waals surface area (Å²) in [7, 11) is 0. The lowest BCUT2D eigenvalue weighted by molar-refractivity contribution is -0.115. The van der Waals surface area contributed by atoms with Crippen LogP contribution in [0.2, 0.25) is 5.02 Å². The first-order valence-corrected chi connectivity index (χ1v) is 11.2. The van der Waals surface area contributed by atoms with E-state index in [0.717, 1.165) is 18.4 Å². The molecule has 6 heteroatoms. The first-order valence-electron chi connectivity index (χ1n) is 10.8. The van der Waals surface area contributed by atoms with Crippen LogP contribution < -0.4 is 10.1 Å². The minimum absolute atomic E-state index is 0.00776. The van der Waals surface area contributed by atoms with E-state index in [1.807, 2.05) is 12.1 Å². The number of carbonyl (C=O) groups is 2. The first kappa shape index (κ1) is 25.4. The van der Waals surface area contributed by atoms with E-state index in [9.17, 15) is 9.59 Å². The second-order valence-electron chi connectivity index (χ2n) is 9.15. The number of rotatable bonds is 8. The molecule has 0 spiro atoms. The molecular formula is C26H31ClN2O3. The Bertz CT molecular complexity index is 1050. The highest BCUT2D eigenvalue weighted by Gasteiger charge is 2.27. The maximum atomic E-state index is 13.0. The van der Waals surface area contributed by atoms with Crippen molar-refractivity contribution in [3.63, 3.8) is 0 Å². The molecule has 0 radical (unpaired) electrons. The summed E-state index contributed by atoms with van der Waals surface area (Å²) >= 11 is 6.13. The summed E-state index contributed by atoms with van der Waals surface area (Å²) in [6.45, 7) is 12.9. The molecular weight excluding hydrogens is 424 g/mol. The van der Waals surface area contributed by atoms with Crippen LogP contribution in [0.5, 0.6) is 5.75 Å². The van der Waals surface area contributed by atoms with Crippen molar-refractivity contribution in [1.29, 1.82) is 5.26 Å². The summed E-state index contributed by atoms with van der Waals surface area (Å²) < 4.78 is 5.82. The van der Waals surface area contributed by atoms with Gasteiger partial charge in [-0.15, -0.1) is 0 Å². The quantitative estimate of drug-likeness (QED) is 0.352. The van der Waals surface area contributed by atoms with Gasteiger partial charge in [0.2, 0.25) is 5.91 Å². The van der Waals surface area contributed by atoms with Gasteiger partial charge in [0.05, 0.1) is 22.3 Å². The number of hydrogen-bond acceptors (Lipinski definition) is 4. The fraction of sp³-hybridized carbons (Fsp3) is 0.423. The monoisotopic (exact) mass is 454 g/mol. The zero-order valence-electron chi connectivity index (χ0n) is 19.6. The van der Waals surface area contributed by atoms with Gasteiger partial charge in [0, 0.05) is 5.56 Å². The molecule has 0 heterocycles. The maximum Gasteiger partial charge on any atom is 0.343 e. The van der Waals surface area contributed by atoms with Gasteiger partial charge < -0.3 is 10.1 Å². The molecule has 0 unspecified atom stereocenters. The lowest BCUT2D eigenvalue weighted by atomic mass is 9.76. The van der Waals surface area contributed by atoms with Crippen molar-refractivity contribution in [3.05, 3.63) is 58.1 Å². The fourth-order valence-electron chi connectivity index (χ4n) is 3.14. The van der Waals surface area contributed by atoms with Gasteiger partial charge in [0.15, 0.2) is 0 Å². The van der Waals surface area contributed by atoms with Crippen LogP contribution in [0.3, 0.4) is 0 Å². The molecule has 0 saturated carbocycles. The standard InChI is InChI=1S/C26H31ClN2O3/c1-7-25(3,4)18-10-12-22(19(16-18)26(5,6)8-2)32-24(31)17-9-11-20(27)21(15-17)29-23(30)13-14-28/h9-12,15-16H,7-8,13H2,1-6H3,(H,29,30). The Balaban J connectivity index is 2.41. The van der Waals surface area contributed by atoms with Crippen molar-refractivity contribution in [2.24, 2.45) is 0 Å². The third kappa shape index (κ3) is 5.89. The molecule has 1 N–H and O–H groups in total. The first-order chi connectivity index (χ1) is 14.9. The predicted molar refractivity (Wildman–Crippen MR) is 128 cm³/mol. The number of carbonyl (C=O) groups excluding carboxylic acids is 2. The molecule has 2 aromatic rings. The van der Waals surface area contributed by atoms with E-state index in [1.54, 1.807) is 12.1 Å². The summed E-state index contributed by atoms with van der Waals surface area (Å²) in [6, 6.07) is 12.3. The van der Waals surface area contributed by atoms with Crippen LogP contribution in [0.15, 0.2) is 36.4 Å². The molecule has 0 aliphatic carbocycles. The summed E-state index contributed by atoms with van der Waals surface area (Å²) in [5.41, 5.74) is 2.50. The Labute approximate surface area is 195 Å². The van der Waals surface area contributed by atoms with Crippen molar-refractivity contribution in [2.75, 3.05) is 5.32 Å². The summed E-state index contributed by atoms with van der Waals surface area (Å²) in [5, 5.41) is 11.5. The number of halogens is 1. The van der Waals surface area contributed by atoms with Crippen molar-refractivity contribution in [3.8, 4) is 11.8 Å².